The van der Waals surface area contributed by atoms with E-state index in [2.05, 4.69) is 17.2 Å². The predicted octanol–water partition coefficient (Wildman–Crippen LogP) is 1.56. The van der Waals surface area contributed by atoms with Crippen LogP contribution >= 0.6 is 0 Å². The van der Waals surface area contributed by atoms with Crippen LogP contribution in [-0.2, 0) is 10.0 Å². The van der Waals surface area contributed by atoms with Gasteiger partial charge in [-0.2, -0.15) is 4.31 Å². The van der Waals surface area contributed by atoms with Crippen molar-refractivity contribution in [2.75, 3.05) is 33.3 Å². The summed E-state index contributed by atoms with van der Waals surface area (Å²) in [7, 11) is -1.79. The summed E-state index contributed by atoms with van der Waals surface area (Å²) in [5.41, 5.74) is 0.604. The Kier molecular flexibility index (Phi) is 4.63. The van der Waals surface area contributed by atoms with Crippen molar-refractivity contribution in [2.24, 2.45) is 11.3 Å². The first-order valence-corrected chi connectivity index (χ1v) is 9.35. The molecule has 0 aromatic carbocycles. The minimum Gasteiger partial charge on any atom is -0.473 e. The van der Waals surface area contributed by atoms with Crippen LogP contribution in [0.2, 0.25) is 0 Å². The number of halogens is 1. The van der Waals surface area contributed by atoms with Crippen LogP contribution < -0.4 is 10.1 Å². The fraction of sp³-hybridized carbons (Fsp3) is 0.562. The lowest BCUT2D eigenvalue weighted by atomic mass is 10.1. The number of hydrogen-bond donors (Lipinski definition) is 1. The third kappa shape index (κ3) is 3.31. The van der Waals surface area contributed by atoms with Gasteiger partial charge >= 0.3 is 0 Å². The molecule has 1 saturated heterocycles. The standard InChI is InChI=1S/C16H22FN3O3S/c1-16-5-13(16)9-20(11-16)24(21,22)14-3-4-15(19-8-14)23-10-12(6-17)7-18-2/h3-4,6,8,13,18H,5,7,9-11H2,1-2H3/b12-6-. The summed E-state index contributed by atoms with van der Waals surface area (Å²) in [5, 5.41) is 2.83. The minimum absolute atomic E-state index is 0.0581. The molecule has 2 unspecified atom stereocenters. The molecule has 1 saturated carbocycles. The van der Waals surface area contributed by atoms with Gasteiger partial charge in [0, 0.05) is 31.3 Å². The van der Waals surface area contributed by atoms with Gasteiger partial charge in [-0.15, -0.1) is 0 Å². The lowest BCUT2D eigenvalue weighted by Crippen LogP contribution is -2.31. The lowest BCUT2D eigenvalue weighted by molar-refractivity contribution is 0.332. The van der Waals surface area contributed by atoms with Crippen LogP contribution in [0, 0.1) is 11.3 Å². The monoisotopic (exact) mass is 355 g/mol. The molecule has 8 heteroatoms. The first kappa shape index (κ1) is 17.3. The number of ether oxygens (including phenoxy) is 1. The zero-order valence-corrected chi connectivity index (χ0v) is 14.6. The first-order valence-electron chi connectivity index (χ1n) is 7.91. The van der Waals surface area contributed by atoms with Crippen LogP contribution in [0.3, 0.4) is 0 Å². The Balaban J connectivity index is 1.64. The summed E-state index contributed by atoms with van der Waals surface area (Å²) in [6.07, 6.45) is 2.91. The number of likely N-dealkylation sites (N-methyl/N-ethyl adjacent to an activating group) is 1. The number of fused-ring (bicyclic) bond motifs is 1. The maximum atomic E-state index is 12.6. The zero-order chi connectivity index (χ0) is 17.4. The largest absolute Gasteiger partial charge is 0.473 e. The van der Waals surface area contributed by atoms with Crippen molar-refractivity contribution in [2.45, 2.75) is 18.2 Å². The fourth-order valence-electron chi connectivity index (χ4n) is 3.15. The third-order valence-electron chi connectivity index (χ3n) is 4.81. The molecule has 1 aromatic heterocycles. The van der Waals surface area contributed by atoms with Crippen LogP contribution in [0.1, 0.15) is 13.3 Å². The van der Waals surface area contributed by atoms with E-state index in [1.165, 1.54) is 22.6 Å². The zero-order valence-electron chi connectivity index (χ0n) is 13.8. The average molecular weight is 355 g/mol. The van der Waals surface area contributed by atoms with Crippen LogP contribution in [0.25, 0.3) is 0 Å². The van der Waals surface area contributed by atoms with E-state index in [0.717, 1.165) is 6.42 Å². The van der Waals surface area contributed by atoms with Crippen molar-refractivity contribution in [1.82, 2.24) is 14.6 Å². The van der Waals surface area contributed by atoms with Gasteiger partial charge in [0.15, 0.2) is 0 Å². The van der Waals surface area contributed by atoms with Crippen molar-refractivity contribution in [3.8, 4) is 5.88 Å². The van der Waals surface area contributed by atoms with Crippen molar-refractivity contribution >= 4 is 10.0 Å². The van der Waals surface area contributed by atoms with Gasteiger partial charge in [-0.05, 0) is 30.9 Å². The number of aromatic nitrogens is 1. The van der Waals surface area contributed by atoms with Gasteiger partial charge in [0.05, 0.1) is 12.5 Å². The van der Waals surface area contributed by atoms with Crippen molar-refractivity contribution < 1.29 is 17.5 Å². The summed E-state index contributed by atoms with van der Waals surface area (Å²) < 4.78 is 44.8. The Bertz CT molecular complexity index is 735. The maximum absolute atomic E-state index is 12.6. The molecule has 0 radical (unpaired) electrons. The van der Waals surface area contributed by atoms with Gasteiger partial charge in [-0.25, -0.2) is 17.8 Å². The molecular formula is C16H22FN3O3S. The summed E-state index contributed by atoms with van der Waals surface area (Å²) in [6, 6.07) is 2.99. The molecule has 132 valence electrons. The summed E-state index contributed by atoms with van der Waals surface area (Å²) in [6.45, 7) is 3.72. The molecule has 1 aromatic rings. The van der Waals surface area contributed by atoms with Gasteiger partial charge in [0.25, 0.3) is 0 Å². The molecule has 0 amide bonds. The molecule has 24 heavy (non-hydrogen) atoms. The number of nitrogens with one attached hydrogen (secondary N) is 1. The number of nitrogens with zero attached hydrogens (tertiary/aromatic N) is 2. The van der Waals surface area contributed by atoms with E-state index in [1.54, 1.807) is 7.05 Å². The Morgan fingerprint density at radius 1 is 1.58 bits per heavy atom. The molecule has 1 aliphatic carbocycles. The number of hydrogen-bond acceptors (Lipinski definition) is 5. The topological polar surface area (TPSA) is 71.5 Å². The third-order valence-corrected chi connectivity index (χ3v) is 6.61. The van der Waals surface area contributed by atoms with Gasteiger partial charge in [0.1, 0.15) is 11.5 Å². The lowest BCUT2D eigenvalue weighted by Gasteiger charge is -2.19. The van der Waals surface area contributed by atoms with E-state index >= 15 is 0 Å². The maximum Gasteiger partial charge on any atom is 0.244 e. The highest BCUT2D eigenvalue weighted by molar-refractivity contribution is 7.89. The normalized spacial score (nSPS) is 27.1. The molecule has 3 rings (SSSR count). The Morgan fingerprint density at radius 3 is 2.92 bits per heavy atom. The number of piperidine rings is 1. The van der Waals surface area contributed by atoms with E-state index < -0.39 is 10.0 Å². The smallest absolute Gasteiger partial charge is 0.244 e. The highest BCUT2D eigenvalue weighted by Gasteiger charge is 2.58. The molecule has 6 nitrogen and oxygen atoms in total. The molecule has 2 atom stereocenters. The predicted molar refractivity (Wildman–Crippen MR) is 87.8 cm³/mol. The van der Waals surface area contributed by atoms with E-state index in [4.69, 9.17) is 4.74 Å². The second-order valence-corrected chi connectivity index (χ2v) is 8.71. The Labute approximate surface area is 141 Å². The van der Waals surface area contributed by atoms with Crippen LogP contribution in [0.4, 0.5) is 4.39 Å². The Morgan fingerprint density at radius 2 is 2.38 bits per heavy atom. The second kappa shape index (κ2) is 6.42. The summed E-state index contributed by atoms with van der Waals surface area (Å²) >= 11 is 0. The molecule has 0 spiro atoms. The fourth-order valence-corrected chi connectivity index (χ4v) is 4.71. The van der Waals surface area contributed by atoms with E-state index in [-0.39, 0.29) is 22.8 Å². The molecule has 1 N–H and O–H groups in total. The number of sulfonamides is 1. The van der Waals surface area contributed by atoms with Crippen LogP contribution in [0.5, 0.6) is 5.88 Å². The molecule has 2 aliphatic rings. The van der Waals surface area contributed by atoms with Gasteiger partial charge in [-0.3, -0.25) is 0 Å². The average Bonchev–Trinajstić information content (AvgIpc) is 3.08. The van der Waals surface area contributed by atoms with Crippen molar-refractivity contribution in [3.63, 3.8) is 0 Å². The highest BCUT2D eigenvalue weighted by atomic mass is 32.2. The molecule has 2 fully saturated rings. The first-order chi connectivity index (χ1) is 11.4. The summed E-state index contributed by atoms with van der Waals surface area (Å²) in [4.78, 5) is 4.20. The molecular weight excluding hydrogens is 333 g/mol. The van der Waals surface area contributed by atoms with Gasteiger partial charge in [0.2, 0.25) is 15.9 Å². The highest BCUT2D eigenvalue weighted by Crippen LogP contribution is 2.58. The molecule has 0 bridgehead atoms. The van der Waals surface area contributed by atoms with E-state index in [9.17, 15) is 12.8 Å². The van der Waals surface area contributed by atoms with Crippen molar-refractivity contribution in [3.05, 3.63) is 30.2 Å². The van der Waals surface area contributed by atoms with Crippen LogP contribution in [-0.4, -0.2) is 51.0 Å². The van der Waals surface area contributed by atoms with Gasteiger partial charge < -0.3 is 10.1 Å². The van der Waals surface area contributed by atoms with E-state index in [1.807, 2.05) is 0 Å². The SMILES string of the molecule is CNC/C(=C/F)COc1ccc(S(=O)(=O)N2CC3CC3(C)C2)cn1. The quantitative estimate of drug-likeness (QED) is 0.804. The summed E-state index contributed by atoms with van der Waals surface area (Å²) in [5.74, 6) is 0.751. The Hall–Kier alpha value is -1.51. The molecule has 2 heterocycles. The van der Waals surface area contributed by atoms with Crippen LogP contribution in [0.15, 0.2) is 35.1 Å². The van der Waals surface area contributed by atoms with Crippen molar-refractivity contribution in [1.29, 1.82) is 0 Å². The number of rotatable bonds is 7. The van der Waals surface area contributed by atoms with Gasteiger partial charge in [-0.1, -0.05) is 6.92 Å². The second-order valence-electron chi connectivity index (χ2n) is 6.77. The van der Waals surface area contributed by atoms with E-state index in [0.29, 0.717) is 37.5 Å². The minimum atomic E-state index is -3.51. The molecule has 1 aliphatic heterocycles. The number of pyridine rings is 1.